The zero-order chi connectivity index (χ0) is 5.54. The van der Waals surface area contributed by atoms with Gasteiger partial charge in [0, 0.05) is 13.2 Å². The van der Waals surface area contributed by atoms with Crippen molar-refractivity contribution in [3.8, 4) is 0 Å². The first-order chi connectivity index (χ1) is 3.41. The average molecular weight is 176 g/mol. The highest BCUT2D eigenvalue weighted by Crippen LogP contribution is 1.85. The summed E-state index contributed by atoms with van der Waals surface area (Å²) in [7, 11) is 0. The van der Waals surface area contributed by atoms with Gasteiger partial charge in [0.25, 0.3) is 0 Å². The molecule has 0 atom stereocenters. The second kappa shape index (κ2) is 32.9. The molecule has 0 spiro atoms. The van der Waals surface area contributed by atoms with E-state index in [0.29, 0.717) is 0 Å². The Kier molecular flexibility index (Phi) is 92.1. The van der Waals surface area contributed by atoms with Crippen LogP contribution in [-0.4, -0.2) is 21.6 Å². The Morgan fingerprint density at radius 1 is 1.00 bits per heavy atom. The molecule has 0 aromatic heterocycles. The maximum atomic E-state index is 5.07. The van der Waals surface area contributed by atoms with Gasteiger partial charge in [0.05, 0.1) is 8.41 Å². The van der Waals surface area contributed by atoms with Crippen LogP contribution in [0.3, 0.4) is 0 Å². The van der Waals surface area contributed by atoms with Crippen LogP contribution in [0.25, 0.3) is 0 Å². The molecule has 11 heavy (non-hydrogen) atoms. The van der Waals surface area contributed by atoms with Gasteiger partial charge in [0.1, 0.15) is 0 Å². The summed E-state index contributed by atoms with van der Waals surface area (Å²) < 4.78 is 5.07. The van der Waals surface area contributed by atoms with Crippen molar-refractivity contribution in [1.82, 2.24) is 0 Å². The summed E-state index contributed by atoms with van der Waals surface area (Å²) in [5.41, 5.74) is 0. The lowest BCUT2D eigenvalue weighted by Crippen LogP contribution is -1.90. The average Bonchev–Trinajstić information content (AvgIpc) is 1.69. The van der Waals surface area contributed by atoms with Gasteiger partial charge in [0.2, 0.25) is 0 Å². The summed E-state index contributed by atoms with van der Waals surface area (Å²) >= 11 is 0. The molecule has 0 N–H and O–H groups in total. The van der Waals surface area contributed by atoms with E-state index >= 15 is 0 Å². The van der Waals surface area contributed by atoms with Gasteiger partial charge >= 0.3 is 0 Å². The first-order valence-corrected chi connectivity index (χ1v) is 2.99. The van der Waals surface area contributed by atoms with Crippen LogP contribution in [0.15, 0.2) is 0 Å². The summed E-state index contributed by atoms with van der Waals surface area (Å²) in [5.74, 6) is 0. The molecule has 0 rings (SSSR count). The lowest BCUT2D eigenvalue weighted by Gasteiger charge is -1.94. The molecule has 5 heteroatoms. The molecule has 0 amide bonds. The van der Waals surface area contributed by atoms with Crippen molar-refractivity contribution >= 4 is 8.41 Å². The molecule has 0 heterocycles. The van der Waals surface area contributed by atoms with Gasteiger partial charge in [-0.15, -0.1) is 0 Å². The highest BCUT2D eigenvalue weighted by Gasteiger charge is 1.78. The van der Waals surface area contributed by atoms with Crippen LogP contribution in [-0.2, 0) is 4.74 Å². The van der Waals surface area contributed by atoms with E-state index in [1.54, 1.807) is 0 Å². The number of unbranched alkanes of at least 4 members (excludes halogenated alkanes) is 1. The maximum absolute atomic E-state index is 5.07. The molecule has 0 aromatic rings. The van der Waals surface area contributed by atoms with Gasteiger partial charge in [-0.25, -0.2) is 0 Å². The topological polar surface area (TPSA) is 9.23 Å². The Balaban J connectivity index is -0.0000000300. The van der Waals surface area contributed by atoms with E-state index in [1.807, 2.05) is 6.92 Å². The smallest absolute Gasteiger partial charge is 0.0814 e. The van der Waals surface area contributed by atoms with Crippen LogP contribution in [0.4, 0.5) is 14.1 Å². The van der Waals surface area contributed by atoms with Crippen molar-refractivity contribution in [2.24, 2.45) is 0 Å². The Morgan fingerprint density at radius 2 is 1.45 bits per heavy atom. The molecule has 0 unspecified atom stereocenters. The van der Waals surface area contributed by atoms with Crippen LogP contribution >= 0.6 is 0 Å². The third kappa shape index (κ3) is 41.2. The highest BCUT2D eigenvalue weighted by molar-refractivity contribution is 5.75. The van der Waals surface area contributed by atoms with E-state index in [2.05, 4.69) is 6.92 Å². The van der Waals surface area contributed by atoms with Gasteiger partial charge in [-0.05, 0) is 13.3 Å². The summed E-state index contributed by atoms with van der Waals surface area (Å²) in [6, 6.07) is 0. The predicted molar refractivity (Wildman–Crippen MR) is 48.8 cm³/mol. The van der Waals surface area contributed by atoms with Crippen molar-refractivity contribution < 1.29 is 18.9 Å². The van der Waals surface area contributed by atoms with Gasteiger partial charge < -0.3 is 4.74 Å². The molecular weight excluding hydrogens is 156 g/mol. The van der Waals surface area contributed by atoms with Crippen LogP contribution < -0.4 is 0 Å². The number of hydrogen-bond donors (Lipinski definition) is 0. The second-order valence-electron chi connectivity index (χ2n) is 1.55. The van der Waals surface area contributed by atoms with Gasteiger partial charge in [0.15, 0.2) is 0 Å². The lowest BCUT2D eigenvalue weighted by molar-refractivity contribution is 0.144. The Labute approximate surface area is 68.2 Å². The first kappa shape index (κ1) is 30.8. The molecule has 74 valence electrons. The normalized spacial score (nSPS) is 6.00. The standard InChI is InChI=1S/C6H14O.BH3.3FH/c1-3-5-6-7-4-2;;;;/h3-6H2,1-2H3;1H3;3*1H. The van der Waals surface area contributed by atoms with E-state index in [-0.39, 0.29) is 22.5 Å². The van der Waals surface area contributed by atoms with Gasteiger partial charge in [-0.3, -0.25) is 14.1 Å². The van der Waals surface area contributed by atoms with E-state index in [0.717, 1.165) is 13.2 Å². The fourth-order valence-electron chi connectivity index (χ4n) is 0.391. The van der Waals surface area contributed by atoms with Crippen molar-refractivity contribution in [2.75, 3.05) is 13.2 Å². The largest absolute Gasteiger partial charge is 0.382 e. The van der Waals surface area contributed by atoms with Gasteiger partial charge in [-0.1, -0.05) is 13.3 Å². The van der Waals surface area contributed by atoms with Crippen molar-refractivity contribution in [2.45, 2.75) is 26.7 Å². The highest BCUT2D eigenvalue weighted by atomic mass is 19.0. The number of rotatable bonds is 4. The molecule has 0 aromatic carbocycles. The molecule has 0 fully saturated rings. The van der Waals surface area contributed by atoms with E-state index in [4.69, 9.17) is 4.74 Å². The molecule has 0 aliphatic heterocycles. The Hall–Kier alpha value is -0.185. The molecule has 0 bridgehead atoms. The van der Waals surface area contributed by atoms with E-state index in [9.17, 15) is 0 Å². The van der Waals surface area contributed by atoms with E-state index in [1.165, 1.54) is 12.8 Å². The lowest BCUT2D eigenvalue weighted by atomic mass is 10.4. The Bertz CT molecular complexity index is 37.0. The summed E-state index contributed by atoms with van der Waals surface area (Å²) in [6.45, 7) is 5.99. The maximum Gasteiger partial charge on any atom is 0.0814 e. The number of ether oxygens (including phenoxy) is 1. The minimum Gasteiger partial charge on any atom is -0.382 e. The third-order valence-corrected chi connectivity index (χ3v) is 0.846. The fraction of sp³-hybridized carbons (Fsp3) is 1.00. The molecule has 0 aliphatic carbocycles. The fourth-order valence-corrected chi connectivity index (χ4v) is 0.391. The molecule has 0 aliphatic rings. The zero-order valence-corrected chi connectivity index (χ0v) is 6.46. The summed E-state index contributed by atoms with van der Waals surface area (Å²) in [5, 5.41) is 0. The summed E-state index contributed by atoms with van der Waals surface area (Å²) in [4.78, 5) is 0. The van der Waals surface area contributed by atoms with Crippen molar-refractivity contribution in [1.29, 1.82) is 0 Å². The SMILES string of the molecule is B.CCCCOCC.F.F.F. The van der Waals surface area contributed by atoms with Crippen LogP contribution in [0.5, 0.6) is 0 Å². The number of hydrogen-bond acceptors (Lipinski definition) is 1. The third-order valence-electron chi connectivity index (χ3n) is 0.846. The monoisotopic (exact) mass is 176 g/mol. The molecule has 0 saturated carbocycles. The predicted octanol–water partition coefficient (Wildman–Crippen LogP) is 1.10. The van der Waals surface area contributed by atoms with Crippen LogP contribution in [0, 0.1) is 0 Å². The molecule has 1 nitrogen and oxygen atoms in total. The molecular formula is C6H20BF3O. The Morgan fingerprint density at radius 3 is 1.73 bits per heavy atom. The minimum absolute atomic E-state index is 0. The minimum atomic E-state index is 0. The molecule has 0 radical (unpaired) electrons. The van der Waals surface area contributed by atoms with Gasteiger partial charge in [-0.2, -0.15) is 0 Å². The van der Waals surface area contributed by atoms with E-state index < -0.39 is 0 Å². The van der Waals surface area contributed by atoms with Crippen LogP contribution in [0.1, 0.15) is 26.7 Å². The summed E-state index contributed by atoms with van der Waals surface area (Å²) in [6.07, 6.45) is 2.44. The van der Waals surface area contributed by atoms with Crippen molar-refractivity contribution in [3.63, 3.8) is 0 Å². The van der Waals surface area contributed by atoms with Crippen LogP contribution in [0.2, 0.25) is 0 Å². The molecule has 0 saturated heterocycles. The first-order valence-electron chi connectivity index (χ1n) is 2.99. The zero-order valence-electron chi connectivity index (χ0n) is 6.46. The number of halogens is 3. The second-order valence-corrected chi connectivity index (χ2v) is 1.55. The quantitative estimate of drug-likeness (QED) is 0.460. The van der Waals surface area contributed by atoms with Crippen molar-refractivity contribution in [3.05, 3.63) is 0 Å².